The Balaban J connectivity index is 1.35. The van der Waals surface area contributed by atoms with Crippen LogP contribution in [0.25, 0.3) is 0 Å². The Kier molecular flexibility index (Phi) is 7.70. The van der Waals surface area contributed by atoms with Gasteiger partial charge in [0.25, 0.3) is 5.69 Å². The lowest BCUT2D eigenvalue weighted by Crippen LogP contribution is -2.41. The van der Waals surface area contributed by atoms with E-state index in [1.54, 1.807) is 0 Å². The average molecular weight is 582 g/mol. The molecule has 1 saturated heterocycles. The fourth-order valence-corrected chi connectivity index (χ4v) is 7.15. The number of benzene rings is 3. The number of carboxylic acids is 1. The van der Waals surface area contributed by atoms with Gasteiger partial charge in [-0.15, -0.1) is 0 Å². The van der Waals surface area contributed by atoms with Crippen LogP contribution in [0.15, 0.2) is 71.6 Å². The van der Waals surface area contributed by atoms with Crippen molar-refractivity contribution in [1.82, 2.24) is 15.0 Å². The molecule has 5 rings (SSSR count). The number of aliphatic carboxylic acids is 1. The lowest BCUT2D eigenvalue weighted by atomic mass is 9.95. The molecular weight excluding hydrogens is 554 g/mol. The molecule has 0 unspecified atom stereocenters. The van der Waals surface area contributed by atoms with Crippen LogP contribution in [0.5, 0.6) is 0 Å². The first-order chi connectivity index (χ1) is 19.2. The molecule has 0 bridgehead atoms. The zero-order valence-electron chi connectivity index (χ0n) is 21.2. The van der Waals surface area contributed by atoms with Crippen LogP contribution in [0.3, 0.4) is 0 Å². The number of carbonyl (C=O) groups is 1. The van der Waals surface area contributed by atoms with E-state index in [0.29, 0.717) is 6.42 Å². The summed E-state index contributed by atoms with van der Waals surface area (Å²) in [5, 5.41) is 24.7. The van der Waals surface area contributed by atoms with Crippen LogP contribution >= 0.6 is 12.2 Å². The molecule has 0 aromatic heterocycles. The number of nitro groups is 1. The van der Waals surface area contributed by atoms with Crippen molar-refractivity contribution in [3.05, 3.63) is 99.1 Å². The number of nitrogens with one attached hydrogen (secondary N) is 3. The number of hydrogen-bond acceptors (Lipinski definition) is 7. The minimum absolute atomic E-state index is 0.00836. The van der Waals surface area contributed by atoms with Crippen LogP contribution in [0, 0.1) is 10.1 Å². The van der Waals surface area contributed by atoms with Crippen molar-refractivity contribution in [3.8, 4) is 0 Å². The molecule has 1 aliphatic carbocycles. The van der Waals surface area contributed by atoms with Gasteiger partial charge in [0, 0.05) is 12.6 Å². The molecule has 208 valence electrons. The maximum atomic E-state index is 13.1. The van der Waals surface area contributed by atoms with Crippen molar-refractivity contribution in [2.24, 2.45) is 0 Å². The van der Waals surface area contributed by atoms with E-state index >= 15 is 0 Å². The first-order valence-corrected chi connectivity index (χ1v) is 14.5. The lowest BCUT2D eigenvalue weighted by Gasteiger charge is -2.24. The zero-order chi connectivity index (χ0) is 28.4. The summed E-state index contributed by atoms with van der Waals surface area (Å²) in [5.41, 5.74) is 9.55. The number of rotatable bonds is 7. The van der Waals surface area contributed by atoms with E-state index in [4.69, 9.17) is 12.2 Å². The van der Waals surface area contributed by atoms with Crippen LogP contribution in [-0.4, -0.2) is 46.4 Å². The third-order valence-corrected chi connectivity index (χ3v) is 9.37. The van der Waals surface area contributed by atoms with Gasteiger partial charge in [0.1, 0.15) is 11.7 Å². The number of carboxylic acid groups (broad SMARTS) is 1. The van der Waals surface area contributed by atoms with Gasteiger partial charge in [0.2, 0.25) is 10.0 Å². The Morgan fingerprint density at radius 1 is 1.02 bits per heavy atom. The van der Waals surface area contributed by atoms with E-state index in [0.717, 1.165) is 34.3 Å². The summed E-state index contributed by atoms with van der Waals surface area (Å²) >= 11 is 5.53. The van der Waals surface area contributed by atoms with Gasteiger partial charge in [-0.3, -0.25) is 25.8 Å². The summed E-state index contributed by atoms with van der Waals surface area (Å²) in [6, 6.07) is 18.1. The van der Waals surface area contributed by atoms with Crippen LogP contribution in [0.2, 0.25) is 0 Å². The summed E-state index contributed by atoms with van der Waals surface area (Å²) < 4.78 is 27.1. The van der Waals surface area contributed by atoms with E-state index in [1.165, 1.54) is 23.3 Å². The first-order valence-electron chi connectivity index (χ1n) is 12.7. The standard InChI is InChI=1S/C27H27N5O6S2/c33-26(34)23-10-5-15-31(23)40(37,38)19-13-14-22(24(16-19)32(35)36)29-30-27(39)28-25-20-8-3-1-6-17(20)11-12-18-7-2-4-9-21(18)25/h1-4,6-9,13-14,16,23,25,29H,5,10-12,15H2,(H,33,34)(H2,28,30,39)/t23-/m0/s1. The van der Waals surface area contributed by atoms with Gasteiger partial charge in [-0.25, -0.2) is 8.42 Å². The van der Waals surface area contributed by atoms with Crippen LogP contribution in [0.1, 0.15) is 41.1 Å². The molecule has 11 nitrogen and oxygen atoms in total. The van der Waals surface area contributed by atoms with E-state index in [-0.39, 0.29) is 34.7 Å². The Bertz CT molecular complexity index is 1550. The van der Waals surface area contributed by atoms with E-state index in [1.807, 2.05) is 36.4 Å². The summed E-state index contributed by atoms with van der Waals surface area (Å²) in [5.74, 6) is -1.25. The van der Waals surface area contributed by atoms with Gasteiger partial charge in [-0.2, -0.15) is 4.31 Å². The average Bonchev–Trinajstić information content (AvgIpc) is 3.40. The number of aryl methyl sites for hydroxylation is 2. The zero-order valence-corrected chi connectivity index (χ0v) is 22.9. The Labute approximate surface area is 236 Å². The molecule has 0 saturated carbocycles. The normalized spacial score (nSPS) is 17.2. The molecule has 0 spiro atoms. The van der Waals surface area contributed by atoms with Crippen LogP contribution < -0.4 is 16.2 Å². The highest BCUT2D eigenvalue weighted by Gasteiger charge is 2.40. The SMILES string of the molecule is O=C(O)[C@@H]1CCCN1S(=O)(=O)c1ccc(NNC(=S)NC2c3ccccc3CCc3ccccc32)c([N+](=O)[O-])c1. The van der Waals surface area contributed by atoms with Crippen molar-refractivity contribution < 1.29 is 23.2 Å². The molecule has 0 radical (unpaired) electrons. The molecule has 1 heterocycles. The number of nitro benzene ring substituents is 1. The predicted octanol–water partition coefficient (Wildman–Crippen LogP) is 3.51. The number of hydrogen-bond donors (Lipinski definition) is 4. The third-order valence-electron chi connectivity index (χ3n) is 7.24. The van der Waals surface area contributed by atoms with Crippen molar-refractivity contribution in [2.45, 2.75) is 42.7 Å². The summed E-state index contributed by atoms with van der Waals surface area (Å²) in [7, 11) is -4.25. The molecule has 4 N–H and O–H groups in total. The molecule has 1 fully saturated rings. The van der Waals surface area contributed by atoms with E-state index in [2.05, 4.69) is 28.3 Å². The third kappa shape index (κ3) is 5.35. The second-order valence-electron chi connectivity index (χ2n) is 9.60. The van der Waals surface area contributed by atoms with Crippen LogP contribution in [0.4, 0.5) is 11.4 Å². The minimum Gasteiger partial charge on any atom is -0.480 e. The Morgan fingerprint density at radius 2 is 1.65 bits per heavy atom. The van der Waals surface area contributed by atoms with Crippen molar-refractivity contribution >= 4 is 44.7 Å². The Morgan fingerprint density at radius 3 is 2.25 bits per heavy atom. The smallest absolute Gasteiger partial charge is 0.322 e. The van der Waals surface area contributed by atoms with E-state index in [9.17, 15) is 28.4 Å². The monoisotopic (exact) mass is 581 g/mol. The van der Waals surface area contributed by atoms with Gasteiger partial charge < -0.3 is 10.4 Å². The van der Waals surface area contributed by atoms with Gasteiger partial charge in [-0.05, 0) is 72.3 Å². The maximum absolute atomic E-state index is 13.1. The fraction of sp³-hybridized carbons (Fsp3) is 0.259. The predicted molar refractivity (Wildman–Crippen MR) is 152 cm³/mol. The van der Waals surface area contributed by atoms with Crippen molar-refractivity contribution in [3.63, 3.8) is 0 Å². The quantitative estimate of drug-likeness (QED) is 0.185. The largest absolute Gasteiger partial charge is 0.480 e. The number of anilines is 1. The molecule has 1 atom stereocenters. The fourth-order valence-electron chi connectivity index (χ4n) is 5.31. The van der Waals surface area contributed by atoms with Crippen molar-refractivity contribution in [2.75, 3.05) is 12.0 Å². The molecular formula is C27H27N5O6S2. The molecule has 2 aliphatic rings. The van der Waals surface area contributed by atoms with E-state index < -0.39 is 32.6 Å². The molecule has 1 aliphatic heterocycles. The van der Waals surface area contributed by atoms with Crippen LogP contribution in [-0.2, 0) is 27.7 Å². The summed E-state index contributed by atoms with van der Waals surface area (Å²) in [4.78, 5) is 22.3. The highest BCUT2D eigenvalue weighted by Crippen LogP contribution is 2.33. The highest BCUT2D eigenvalue weighted by atomic mass is 32.2. The summed E-state index contributed by atoms with van der Waals surface area (Å²) in [6.45, 7) is 0.0298. The highest BCUT2D eigenvalue weighted by molar-refractivity contribution is 7.89. The van der Waals surface area contributed by atoms with Gasteiger partial charge >= 0.3 is 5.97 Å². The number of hydrazine groups is 1. The minimum atomic E-state index is -4.25. The molecule has 13 heteroatoms. The number of sulfonamides is 1. The molecule has 40 heavy (non-hydrogen) atoms. The second-order valence-corrected chi connectivity index (χ2v) is 11.9. The van der Waals surface area contributed by atoms with Gasteiger partial charge in [-0.1, -0.05) is 48.5 Å². The first kappa shape index (κ1) is 27.5. The molecule has 3 aromatic carbocycles. The lowest BCUT2D eigenvalue weighted by molar-refractivity contribution is -0.384. The number of nitrogens with zero attached hydrogens (tertiary/aromatic N) is 2. The number of thiocarbonyl (C=S) groups is 1. The maximum Gasteiger partial charge on any atom is 0.322 e. The topological polar surface area (TPSA) is 154 Å². The number of fused-ring (bicyclic) bond motifs is 2. The van der Waals surface area contributed by atoms with Gasteiger partial charge in [0.15, 0.2) is 5.11 Å². The second kappa shape index (κ2) is 11.2. The Hall–Kier alpha value is -4.07. The molecule has 0 amide bonds. The summed E-state index contributed by atoms with van der Waals surface area (Å²) in [6.07, 6.45) is 2.34. The van der Waals surface area contributed by atoms with Crippen molar-refractivity contribution in [1.29, 1.82) is 0 Å². The molecule has 3 aromatic rings. The van der Waals surface area contributed by atoms with Gasteiger partial charge in [0.05, 0.1) is 15.9 Å².